The molecule has 31 heavy (non-hydrogen) atoms. The zero-order valence-corrected chi connectivity index (χ0v) is 20.1. The fourth-order valence-electron chi connectivity index (χ4n) is 2.98. The highest BCUT2D eigenvalue weighted by Gasteiger charge is 2.25. The number of rotatable bonds is 13. The largest absolute Gasteiger partial charge is 0.465 e. The quantitative estimate of drug-likeness (QED) is 0.298. The molecule has 0 saturated heterocycles. The van der Waals surface area contributed by atoms with Gasteiger partial charge in [0.15, 0.2) is 0 Å². The molecule has 0 aliphatic heterocycles. The molecule has 172 valence electrons. The minimum Gasteiger partial charge on any atom is -0.465 e. The number of nitrogens with one attached hydrogen (secondary N) is 2. The second-order valence-electron chi connectivity index (χ2n) is 8.34. The predicted molar refractivity (Wildman–Crippen MR) is 125 cm³/mol. The van der Waals surface area contributed by atoms with Gasteiger partial charge in [-0.15, -0.1) is 0 Å². The van der Waals surface area contributed by atoms with E-state index in [1.165, 1.54) is 0 Å². The maximum absolute atomic E-state index is 13.5. The van der Waals surface area contributed by atoms with Gasteiger partial charge in [0, 0.05) is 19.6 Å². The molecule has 1 atom stereocenters. The van der Waals surface area contributed by atoms with Crippen LogP contribution in [0.15, 0.2) is 33.7 Å². The summed E-state index contributed by atoms with van der Waals surface area (Å²) in [6.07, 6.45) is 0.982. The van der Waals surface area contributed by atoms with Gasteiger partial charge in [0.2, 0.25) is 5.91 Å². The molecule has 0 aromatic carbocycles. The summed E-state index contributed by atoms with van der Waals surface area (Å²) in [5, 5.41) is 22.5. The number of unbranched alkanes of at least 4 members (excludes halogenated alkanes) is 1. The number of nitrogens with zero attached hydrogens (tertiary/aromatic N) is 1. The Balaban J connectivity index is 2.05. The molecule has 7 nitrogen and oxygen atoms in total. The van der Waals surface area contributed by atoms with Crippen molar-refractivity contribution in [2.75, 3.05) is 13.3 Å². The van der Waals surface area contributed by atoms with Gasteiger partial charge in [-0.05, 0) is 84.8 Å². The van der Waals surface area contributed by atoms with E-state index in [9.17, 15) is 9.59 Å². The minimum absolute atomic E-state index is 0.0288. The van der Waals surface area contributed by atoms with E-state index < -0.39 is 12.1 Å². The van der Waals surface area contributed by atoms with Gasteiger partial charge in [0.25, 0.3) is 0 Å². The molecule has 2 heterocycles. The summed E-state index contributed by atoms with van der Waals surface area (Å²) in [7, 11) is 0. The molecule has 0 aliphatic carbocycles. The molecule has 0 bridgehead atoms. The van der Waals surface area contributed by atoms with Crippen molar-refractivity contribution in [2.24, 2.45) is 0 Å². The maximum Gasteiger partial charge on any atom is 0.404 e. The first kappa shape index (κ1) is 25.3. The average molecular weight is 468 g/mol. The molecule has 2 aromatic rings. The number of thiophene rings is 2. The Labute approximate surface area is 192 Å². The molecule has 0 spiro atoms. The van der Waals surface area contributed by atoms with Crippen molar-refractivity contribution in [2.45, 2.75) is 64.8 Å². The number of ether oxygens (including phenoxy) is 1. The normalized spacial score (nSPS) is 12.5. The summed E-state index contributed by atoms with van der Waals surface area (Å²) in [5.41, 5.74) is 1.92. The van der Waals surface area contributed by atoms with Crippen molar-refractivity contribution in [3.63, 3.8) is 0 Å². The fraction of sp³-hybridized carbons (Fsp3) is 0.545. The van der Waals surface area contributed by atoms with Crippen LogP contribution in [-0.2, 0) is 22.6 Å². The van der Waals surface area contributed by atoms with E-state index in [-0.39, 0.29) is 18.2 Å². The van der Waals surface area contributed by atoms with E-state index in [4.69, 9.17) is 9.84 Å². The highest BCUT2D eigenvalue weighted by Crippen LogP contribution is 2.17. The third-order valence-electron chi connectivity index (χ3n) is 4.55. The Hall–Kier alpha value is -1.94. The summed E-state index contributed by atoms with van der Waals surface area (Å²) in [6, 6.07) is 3.69. The standard InChI is InChI=1S/C22H33N3O4S2/c1-22(2,3)29-16-24-19(6-4-5-9-23-21(27)28)20(26)25(12-17-7-10-30-14-17)13-18-8-11-31-15-18/h7-8,10-11,14-15,19,23-24H,4-6,9,12-13,16H2,1-3H3,(H,27,28)/t19-/m0/s1. The number of amides is 2. The molecule has 0 fully saturated rings. The molecule has 0 aliphatic rings. The van der Waals surface area contributed by atoms with Gasteiger partial charge in [-0.1, -0.05) is 0 Å². The van der Waals surface area contributed by atoms with Crippen LogP contribution in [-0.4, -0.2) is 46.9 Å². The van der Waals surface area contributed by atoms with E-state index in [2.05, 4.69) is 21.4 Å². The van der Waals surface area contributed by atoms with E-state index in [0.29, 0.717) is 32.5 Å². The minimum atomic E-state index is -1.03. The van der Waals surface area contributed by atoms with Gasteiger partial charge >= 0.3 is 6.09 Å². The number of hydrogen-bond acceptors (Lipinski definition) is 6. The molecular weight excluding hydrogens is 434 g/mol. The first-order chi connectivity index (χ1) is 14.7. The zero-order valence-electron chi connectivity index (χ0n) is 18.4. The topological polar surface area (TPSA) is 90.9 Å². The lowest BCUT2D eigenvalue weighted by molar-refractivity contribution is -0.136. The van der Waals surface area contributed by atoms with Crippen LogP contribution in [0.4, 0.5) is 4.79 Å². The predicted octanol–water partition coefficient (Wildman–Crippen LogP) is 4.51. The Bertz CT molecular complexity index is 737. The molecule has 2 amide bonds. The summed E-state index contributed by atoms with van der Waals surface area (Å²) in [5.74, 6) is 0.0288. The van der Waals surface area contributed by atoms with Crippen LogP contribution in [0.1, 0.15) is 51.2 Å². The molecule has 0 saturated carbocycles. The molecule has 0 radical (unpaired) electrons. The van der Waals surface area contributed by atoms with Gasteiger partial charge in [-0.25, -0.2) is 4.79 Å². The second kappa shape index (κ2) is 12.8. The lowest BCUT2D eigenvalue weighted by Crippen LogP contribution is -2.47. The first-order valence-electron chi connectivity index (χ1n) is 10.4. The lowest BCUT2D eigenvalue weighted by Gasteiger charge is -2.29. The number of hydrogen-bond donors (Lipinski definition) is 3. The van der Waals surface area contributed by atoms with Crippen molar-refractivity contribution in [3.8, 4) is 0 Å². The van der Waals surface area contributed by atoms with Crippen LogP contribution in [0, 0.1) is 0 Å². The van der Waals surface area contributed by atoms with Gasteiger partial charge < -0.3 is 20.1 Å². The third-order valence-corrected chi connectivity index (χ3v) is 6.01. The smallest absolute Gasteiger partial charge is 0.404 e. The Morgan fingerprint density at radius 1 is 1.10 bits per heavy atom. The SMILES string of the molecule is CC(C)(C)OCN[C@@H](CCCCNC(=O)O)C(=O)N(Cc1ccsc1)Cc1ccsc1. The number of carboxylic acid groups (broad SMARTS) is 1. The Morgan fingerprint density at radius 2 is 1.71 bits per heavy atom. The monoisotopic (exact) mass is 467 g/mol. The molecule has 3 N–H and O–H groups in total. The van der Waals surface area contributed by atoms with E-state index in [1.807, 2.05) is 48.6 Å². The Kier molecular flexibility index (Phi) is 10.5. The summed E-state index contributed by atoms with van der Waals surface area (Å²) >= 11 is 3.24. The van der Waals surface area contributed by atoms with Crippen LogP contribution in [0.3, 0.4) is 0 Å². The van der Waals surface area contributed by atoms with E-state index in [0.717, 1.165) is 17.5 Å². The van der Waals surface area contributed by atoms with Crippen molar-refractivity contribution in [1.29, 1.82) is 0 Å². The lowest BCUT2D eigenvalue weighted by atomic mass is 10.1. The molecule has 2 aromatic heterocycles. The van der Waals surface area contributed by atoms with Crippen LogP contribution >= 0.6 is 22.7 Å². The first-order valence-corrected chi connectivity index (χ1v) is 12.3. The second-order valence-corrected chi connectivity index (χ2v) is 9.90. The van der Waals surface area contributed by atoms with E-state index >= 15 is 0 Å². The average Bonchev–Trinajstić information content (AvgIpc) is 3.38. The molecule has 2 rings (SSSR count). The number of carbonyl (C=O) groups excluding carboxylic acids is 1. The summed E-state index contributed by atoms with van der Waals surface area (Å²) in [6.45, 7) is 7.68. The van der Waals surface area contributed by atoms with Gasteiger partial charge in [-0.3, -0.25) is 10.1 Å². The van der Waals surface area contributed by atoms with Crippen LogP contribution in [0.25, 0.3) is 0 Å². The summed E-state index contributed by atoms with van der Waals surface area (Å²) in [4.78, 5) is 26.0. The highest BCUT2D eigenvalue weighted by molar-refractivity contribution is 7.08. The van der Waals surface area contributed by atoms with Crippen LogP contribution in [0.5, 0.6) is 0 Å². The summed E-state index contributed by atoms with van der Waals surface area (Å²) < 4.78 is 5.79. The fourth-order valence-corrected chi connectivity index (χ4v) is 4.30. The van der Waals surface area contributed by atoms with Crippen molar-refractivity contribution in [1.82, 2.24) is 15.5 Å². The van der Waals surface area contributed by atoms with Crippen LogP contribution < -0.4 is 10.6 Å². The Morgan fingerprint density at radius 3 is 2.19 bits per heavy atom. The van der Waals surface area contributed by atoms with Crippen molar-refractivity contribution >= 4 is 34.7 Å². The zero-order chi connectivity index (χ0) is 22.7. The molecule has 0 unspecified atom stereocenters. The van der Waals surface area contributed by atoms with Crippen LogP contribution in [0.2, 0.25) is 0 Å². The number of carbonyl (C=O) groups is 2. The maximum atomic E-state index is 13.5. The van der Waals surface area contributed by atoms with Gasteiger partial charge in [0.05, 0.1) is 18.4 Å². The van der Waals surface area contributed by atoms with Gasteiger partial charge in [0.1, 0.15) is 0 Å². The molecule has 9 heteroatoms. The third kappa shape index (κ3) is 10.3. The van der Waals surface area contributed by atoms with E-state index in [1.54, 1.807) is 22.7 Å². The highest BCUT2D eigenvalue weighted by atomic mass is 32.1. The molecular formula is C22H33N3O4S2. The van der Waals surface area contributed by atoms with Crippen molar-refractivity contribution < 1.29 is 19.4 Å². The van der Waals surface area contributed by atoms with Gasteiger partial charge in [-0.2, -0.15) is 22.7 Å². The van der Waals surface area contributed by atoms with Crippen molar-refractivity contribution in [3.05, 3.63) is 44.8 Å².